The van der Waals surface area contributed by atoms with E-state index in [1.807, 2.05) is 30.3 Å². The van der Waals surface area contributed by atoms with Gasteiger partial charge in [-0.3, -0.25) is 14.4 Å². The lowest BCUT2D eigenvalue weighted by Gasteiger charge is -2.27. The molecule has 0 fully saturated rings. The normalized spacial score (nSPS) is 13.7. The van der Waals surface area contributed by atoms with E-state index in [1.54, 1.807) is 36.9 Å². The highest BCUT2D eigenvalue weighted by atomic mass is 16.5. The lowest BCUT2D eigenvalue weighted by molar-refractivity contribution is -0.144. The Hall–Kier alpha value is -4.10. The van der Waals surface area contributed by atoms with Crippen LogP contribution in [-0.2, 0) is 20.9 Å². The summed E-state index contributed by atoms with van der Waals surface area (Å²) in [5.74, 6) is 5.13. The molecular formula is C28H29N3O4. The van der Waals surface area contributed by atoms with Gasteiger partial charge in [0.25, 0.3) is 5.91 Å². The van der Waals surface area contributed by atoms with E-state index in [0.717, 1.165) is 5.56 Å². The molecule has 0 N–H and O–H groups in total. The Kier molecular flexibility index (Phi) is 9.03. The molecule has 0 radical (unpaired) electrons. The molecule has 0 aliphatic carbocycles. The highest BCUT2D eigenvalue weighted by molar-refractivity contribution is 6.10. The van der Waals surface area contributed by atoms with Crippen LogP contribution in [0.15, 0.2) is 48.5 Å². The van der Waals surface area contributed by atoms with Crippen molar-refractivity contribution < 1.29 is 19.1 Å². The van der Waals surface area contributed by atoms with Crippen molar-refractivity contribution in [3.63, 3.8) is 0 Å². The van der Waals surface area contributed by atoms with Crippen molar-refractivity contribution in [2.24, 2.45) is 0 Å². The third kappa shape index (κ3) is 6.71. The maximum atomic E-state index is 13.6. The average Bonchev–Trinajstić information content (AvgIpc) is 2.95. The molecule has 7 nitrogen and oxygen atoms in total. The first-order valence-electron chi connectivity index (χ1n) is 11.7. The fourth-order valence-corrected chi connectivity index (χ4v) is 3.90. The maximum absolute atomic E-state index is 13.6. The van der Waals surface area contributed by atoms with Gasteiger partial charge in [0.1, 0.15) is 6.54 Å². The zero-order valence-electron chi connectivity index (χ0n) is 20.1. The molecule has 2 aromatic carbocycles. The van der Waals surface area contributed by atoms with E-state index in [1.165, 1.54) is 4.90 Å². The van der Waals surface area contributed by atoms with Crippen molar-refractivity contribution in [3.05, 3.63) is 65.2 Å². The van der Waals surface area contributed by atoms with Crippen LogP contribution >= 0.6 is 0 Å². The van der Waals surface area contributed by atoms with E-state index in [0.29, 0.717) is 42.6 Å². The van der Waals surface area contributed by atoms with Gasteiger partial charge in [-0.25, -0.2) is 0 Å². The molecule has 0 spiro atoms. The zero-order valence-corrected chi connectivity index (χ0v) is 20.1. The van der Waals surface area contributed by atoms with E-state index >= 15 is 0 Å². The van der Waals surface area contributed by atoms with Gasteiger partial charge in [-0.05, 0) is 44.0 Å². The van der Waals surface area contributed by atoms with Gasteiger partial charge < -0.3 is 14.5 Å². The van der Waals surface area contributed by atoms with Crippen molar-refractivity contribution in [2.75, 3.05) is 18.1 Å². The van der Waals surface area contributed by atoms with Crippen molar-refractivity contribution in [2.45, 2.75) is 52.1 Å². The van der Waals surface area contributed by atoms with Gasteiger partial charge in [0, 0.05) is 24.4 Å². The Bertz CT molecular complexity index is 1170. The number of carbonyl (C=O) groups is 3. The molecule has 0 saturated carbocycles. The number of carbonyl (C=O) groups excluding carboxylic acids is 3. The quantitative estimate of drug-likeness (QED) is 0.329. The average molecular weight is 472 g/mol. The minimum Gasteiger partial charge on any atom is -0.466 e. The summed E-state index contributed by atoms with van der Waals surface area (Å²) < 4.78 is 5.05. The summed E-state index contributed by atoms with van der Waals surface area (Å²) >= 11 is 0. The van der Waals surface area contributed by atoms with E-state index in [4.69, 9.17) is 10.00 Å². The summed E-state index contributed by atoms with van der Waals surface area (Å²) in [5, 5.41) is 8.68. The second-order valence-corrected chi connectivity index (χ2v) is 8.30. The number of unbranched alkanes of at least 4 members (excludes halogenated alkanes) is 2. The van der Waals surface area contributed by atoms with Crippen LogP contribution in [0.2, 0.25) is 0 Å². The minimum absolute atomic E-state index is 0.000727. The molecule has 7 heteroatoms. The molecule has 2 amide bonds. The molecule has 0 aromatic heterocycles. The van der Waals surface area contributed by atoms with Gasteiger partial charge in [-0.1, -0.05) is 42.2 Å². The fourth-order valence-electron chi connectivity index (χ4n) is 3.90. The van der Waals surface area contributed by atoms with Crippen LogP contribution in [0, 0.1) is 23.2 Å². The number of nitriles is 1. The molecular weight excluding hydrogens is 442 g/mol. The molecule has 1 aliphatic rings. The molecule has 35 heavy (non-hydrogen) atoms. The number of ether oxygens (including phenoxy) is 1. The van der Waals surface area contributed by atoms with Crippen LogP contribution in [0.25, 0.3) is 0 Å². The van der Waals surface area contributed by atoms with Crippen LogP contribution in [-0.4, -0.2) is 41.9 Å². The van der Waals surface area contributed by atoms with Gasteiger partial charge in [0.2, 0.25) is 5.91 Å². The second-order valence-electron chi connectivity index (χ2n) is 8.30. The van der Waals surface area contributed by atoms with Crippen molar-refractivity contribution >= 4 is 23.5 Å². The molecule has 2 aromatic rings. The van der Waals surface area contributed by atoms with Crippen LogP contribution in [0.4, 0.5) is 5.69 Å². The summed E-state index contributed by atoms with van der Waals surface area (Å²) in [6.07, 6.45) is 1.71. The number of hydrogen-bond donors (Lipinski definition) is 0. The Morgan fingerprint density at radius 3 is 2.63 bits per heavy atom. The number of nitrogens with zero attached hydrogens (tertiary/aromatic N) is 3. The fraction of sp³-hybridized carbons (Fsp3) is 0.357. The Morgan fingerprint density at radius 1 is 1.14 bits per heavy atom. The maximum Gasteiger partial charge on any atom is 0.307 e. The van der Waals surface area contributed by atoms with E-state index in [9.17, 15) is 14.4 Å². The summed E-state index contributed by atoms with van der Waals surface area (Å²) in [7, 11) is 0. The molecule has 3 rings (SSSR count). The third-order valence-electron chi connectivity index (χ3n) is 5.69. The minimum atomic E-state index is -0.518. The standard InChI is InChI=1S/C28H29N3O4/c1-3-35-27(33)17-21(2)30-20-26(32)31(19-23-12-8-6-9-13-23)25-15-14-22(18-24(25)28(30)34)11-7-4-5-10-16-29/h6,8-9,12-15,18,21H,3-5,10,17,19-20H2,1-2H3. The number of benzene rings is 2. The van der Waals surface area contributed by atoms with Crippen LogP contribution < -0.4 is 4.90 Å². The van der Waals surface area contributed by atoms with E-state index in [2.05, 4.69) is 17.9 Å². The number of hydrogen-bond acceptors (Lipinski definition) is 5. The van der Waals surface area contributed by atoms with Gasteiger partial charge in [0.15, 0.2) is 0 Å². The highest BCUT2D eigenvalue weighted by Crippen LogP contribution is 2.29. The van der Waals surface area contributed by atoms with Gasteiger partial charge in [-0.2, -0.15) is 5.26 Å². The number of rotatable bonds is 8. The van der Waals surface area contributed by atoms with Crippen molar-refractivity contribution in [1.29, 1.82) is 5.26 Å². The van der Waals surface area contributed by atoms with Gasteiger partial charge in [0.05, 0.1) is 36.9 Å². The lowest BCUT2D eigenvalue weighted by atomic mass is 10.0. The lowest BCUT2D eigenvalue weighted by Crippen LogP contribution is -2.44. The number of fused-ring (bicyclic) bond motifs is 1. The Labute approximate surface area is 206 Å². The zero-order chi connectivity index (χ0) is 25.2. The summed E-state index contributed by atoms with van der Waals surface area (Å²) in [5.41, 5.74) is 2.48. The first-order valence-corrected chi connectivity index (χ1v) is 11.7. The van der Waals surface area contributed by atoms with Crippen molar-refractivity contribution in [3.8, 4) is 17.9 Å². The van der Waals surface area contributed by atoms with Gasteiger partial charge >= 0.3 is 5.97 Å². The van der Waals surface area contributed by atoms with E-state index < -0.39 is 12.0 Å². The van der Waals surface area contributed by atoms with Crippen LogP contribution in [0.1, 0.15) is 61.0 Å². The molecule has 0 saturated heterocycles. The Balaban J connectivity index is 1.97. The highest BCUT2D eigenvalue weighted by Gasteiger charge is 2.34. The molecule has 1 atom stereocenters. The molecule has 1 unspecified atom stereocenters. The first-order chi connectivity index (χ1) is 16.9. The topological polar surface area (TPSA) is 90.7 Å². The smallest absolute Gasteiger partial charge is 0.307 e. The van der Waals surface area contributed by atoms with Crippen LogP contribution in [0.5, 0.6) is 0 Å². The molecule has 1 aliphatic heterocycles. The van der Waals surface area contributed by atoms with Gasteiger partial charge in [-0.15, -0.1) is 0 Å². The summed E-state index contributed by atoms with van der Waals surface area (Å²) in [4.78, 5) is 42.1. The largest absolute Gasteiger partial charge is 0.466 e. The van der Waals surface area contributed by atoms with Crippen molar-refractivity contribution in [1.82, 2.24) is 4.90 Å². The molecule has 180 valence electrons. The Morgan fingerprint density at radius 2 is 1.91 bits per heavy atom. The number of esters is 1. The SMILES string of the molecule is CCOC(=O)CC(C)N1CC(=O)N(Cc2ccccc2)c2ccc(C#CCCCC#N)cc2C1=O. The predicted molar refractivity (Wildman–Crippen MR) is 132 cm³/mol. The summed E-state index contributed by atoms with van der Waals surface area (Å²) in [6, 6.07) is 16.4. The monoisotopic (exact) mass is 471 g/mol. The first kappa shape index (κ1) is 25.5. The van der Waals surface area contributed by atoms with E-state index in [-0.39, 0.29) is 31.4 Å². The summed E-state index contributed by atoms with van der Waals surface area (Å²) in [6.45, 7) is 3.90. The second kappa shape index (κ2) is 12.4. The number of amides is 2. The number of anilines is 1. The van der Waals surface area contributed by atoms with Crippen LogP contribution in [0.3, 0.4) is 0 Å². The third-order valence-corrected chi connectivity index (χ3v) is 5.69. The predicted octanol–water partition coefficient (Wildman–Crippen LogP) is 4.06. The molecule has 1 heterocycles. The molecule has 0 bridgehead atoms.